The van der Waals surface area contributed by atoms with Gasteiger partial charge >= 0.3 is 0 Å². The molecule has 0 radical (unpaired) electrons. The average Bonchev–Trinajstić information content (AvgIpc) is 2.75. The van der Waals surface area contributed by atoms with Crippen LogP contribution >= 0.6 is 11.6 Å². The van der Waals surface area contributed by atoms with E-state index in [4.69, 9.17) is 16.3 Å². The third-order valence-electron chi connectivity index (χ3n) is 4.83. The zero-order valence-corrected chi connectivity index (χ0v) is 20.1. The van der Waals surface area contributed by atoms with Crippen molar-refractivity contribution in [3.05, 3.63) is 59.1 Å². The minimum atomic E-state index is -3.82. The number of ether oxygens (including phenoxy) is 1. The summed E-state index contributed by atoms with van der Waals surface area (Å²) in [6, 6.07) is 12.6. The van der Waals surface area contributed by atoms with Crippen LogP contribution in [0.25, 0.3) is 0 Å². The van der Waals surface area contributed by atoms with E-state index >= 15 is 0 Å². The smallest absolute Gasteiger partial charge is 0.244 e. The number of carbonyl (C=O) groups is 2. The molecule has 2 rings (SSSR count). The molecule has 174 valence electrons. The summed E-state index contributed by atoms with van der Waals surface area (Å²) < 4.78 is 31.1. The maximum Gasteiger partial charge on any atom is 0.244 e. The first kappa shape index (κ1) is 25.5. The van der Waals surface area contributed by atoms with Crippen molar-refractivity contribution in [2.24, 2.45) is 0 Å². The van der Waals surface area contributed by atoms with Crippen molar-refractivity contribution < 1.29 is 22.7 Å². The normalized spacial score (nSPS) is 12.0. The summed E-state index contributed by atoms with van der Waals surface area (Å²) in [5.41, 5.74) is 0.957. The summed E-state index contributed by atoms with van der Waals surface area (Å²) in [4.78, 5) is 27.2. The van der Waals surface area contributed by atoms with E-state index in [0.29, 0.717) is 12.3 Å². The zero-order chi connectivity index (χ0) is 23.9. The van der Waals surface area contributed by atoms with Crippen LogP contribution in [0, 0.1) is 0 Å². The number of nitrogens with zero attached hydrogens (tertiary/aromatic N) is 2. The molecule has 8 nitrogen and oxygen atoms in total. The first-order valence-electron chi connectivity index (χ1n) is 10.0. The molecule has 0 aliphatic carbocycles. The van der Waals surface area contributed by atoms with Crippen molar-refractivity contribution in [1.29, 1.82) is 0 Å². The van der Waals surface area contributed by atoms with Crippen LogP contribution in [0.15, 0.2) is 48.5 Å². The first-order chi connectivity index (χ1) is 15.1. The predicted molar refractivity (Wildman–Crippen MR) is 125 cm³/mol. The Hall–Kier alpha value is -2.78. The number of carbonyl (C=O) groups excluding carboxylic acids is 2. The van der Waals surface area contributed by atoms with Gasteiger partial charge in [0.25, 0.3) is 0 Å². The fraction of sp³-hybridized carbons (Fsp3) is 0.364. The summed E-state index contributed by atoms with van der Waals surface area (Å²) in [5, 5.41) is 2.90. The van der Waals surface area contributed by atoms with Gasteiger partial charge < -0.3 is 15.0 Å². The number of para-hydroxylation sites is 1. The van der Waals surface area contributed by atoms with Gasteiger partial charge in [0.1, 0.15) is 18.3 Å². The van der Waals surface area contributed by atoms with E-state index in [0.717, 1.165) is 16.1 Å². The molecule has 2 aromatic carbocycles. The SMILES string of the molecule is CCNC(=O)[C@@H](C)N(Cc1ccc(OC)cc1)C(=O)CN(c1ccccc1Cl)S(C)(=O)=O. The number of methoxy groups -OCH3 is 1. The molecule has 1 atom stereocenters. The predicted octanol–water partition coefficient (Wildman–Crippen LogP) is 2.67. The number of sulfonamides is 1. The number of hydrogen-bond acceptors (Lipinski definition) is 5. The van der Waals surface area contributed by atoms with Gasteiger partial charge in [-0.1, -0.05) is 35.9 Å². The second-order valence-corrected chi connectivity index (χ2v) is 9.48. The molecule has 1 N–H and O–H groups in total. The van der Waals surface area contributed by atoms with E-state index < -0.39 is 28.5 Å². The Morgan fingerprint density at radius 1 is 1.12 bits per heavy atom. The molecule has 2 amide bonds. The standard InChI is InChI=1S/C22H28ClN3O5S/c1-5-24-22(28)16(2)25(14-17-10-12-18(31-3)13-11-17)21(27)15-26(32(4,29)30)20-9-7-6-8-19(20)23/h6-13,16H,5,14-15H2,1-4H3,(H,24,28)/t16-/m1/s1. The van der Waals surface area contributed by atoms with E-state index in [-0.39, 0.29) is 23.2 Å². The highest BCUT2D eigenvalue weighted by atomic mass is 35.5. The topological polar surface area (TPSA) is 96.0 Å². The Morgan fingerprint density at radius 3 is 2.28 bits per heavy atom. The second-order valence-electron chi connectivity index (χ2n) is 7.16. The minimum absolute atomic E-state index is 0.112. The zero-order valence-electron chi connectivity index (χ0n) is 18.5. The maximum atomic E-state index is 13.3. The van der Waals surface area contributed by atoms with E-state index in [1.54, 1.807) is 63.4 Å². The largest absolute Gasteiger partial charge is 0.497 e. The van der Waals surface area contributed by atoms with Gasteiger partial charge in [0, 0.05) is 13.1 Å². The van der Waals surface area contributed by atoms with Crippen LogP contribution in [-0.4, -0.2) is 57.6 Å². The van der Waals surface area contributed by atoms with Gasteiger partial charge in [0.05, 0.1) is 24.1 Å². The number of likely N-dealkylation sites (N-methyl/N-ethyl adjacent to an activating group) is 1. The lowest BCUT2D eigenvalue weighted by Crippen LogP contribution is -2.51. The van der Waals surface area contributed by atoms with Crippen LogP contribution in [0.4, 0.5) is 5.69 Å². The number of amides is 2. The fourth-order valence-electron chi connectivity index (χ4n) is 3.08. The summed E-state index contributed by atoms with van der Waals surface area (Å²) in [5.74, 6) is -0.215. The van der Waals surface area contributed by atoms with Crippen LogP contribution < -0.4 is 14.4 Å². The summed E-state index contributed by atoms with van der Waals surface area (Å²) in [7, 11) is -2.27. The minimum Gasteiger partial charge on any atom is -0.497 e. The van der Waals surface area contributed by atoms with Crippen molar-refractivity contribution in [3.63, 3.8) is 0 Å². The lowest BCUT2D eigenvalue weighted by molar-refractivity contribution is -0.139. The van der Waals surface area contributed by atoms with Gasteiger partial charge in [-0.3, -0.25) is 13.9 Å². The van der Waals surface area contributed by atoms with Crippen molar-refractivity contribution in [2.45, 2.75) is 26.4 Å². The highest BCUT2D eigenvalue weighted by Gasteiger charge is 2.30. The summed E-state index contributed by atoms with van der Waals surface area (Å²) in [6.07, 6.45) is 1.00. The molecular formula is C22H28ClN3O5S. The highest BCUT2D eigenvalue weighted by molar-refractivity contribution is 7.92. The maximum absolute atomic E-state index is 13.3. The Bertz CT molecular complexity index is 1040. The van der Waals surface area contributed by atoms with Crippen molar-refractivity contribution in [2.75, 3.05) is 30.8 Å². The van der Waals surface area contributed by atoms with Crippen LogP contribution in [0.1, 0.15) is 19.4 Å². The number of halogens is 1. The monoisotopic (exact) mass is 481 g/mol. The third kappa shape index (κ3) is 6.61. The van der Waals surface area contributed by atoms with E-state index in [9.17, 15) is 18.0 Å². The summed E-state index contributed by atoms with van der Waals surface area (Å²) in [6.45, 7) is 3.41. The molecule has 0 fully saturated rings. The van der Waals surface area contributed by atoms with Gasteiger partial charge in [-0.2, -0.15) is 0 Å². The van der Waals surface area contributed by atoms with Gasteiger partial charge in [-0.05, 0) is 43.7 Å². The number of rotatable bonds is 10. The fourth-order valence-corrected chi connectivity index (χ4v) is 4.23. The first-order valence-corrected chi connectivity index (χ1v) is 12.2. The van der Waals surface area contributed by atoms with Crippen LogP contribution in [0.2, 0.25) is 5.02 Å². The molecule has 0 aromatic heterocycles. The number of anilines is 1. The highest BCUT2D eigenvalue weighted by Crippen LogP contribution is 2.27. The Labute approximate surface area is 194 Å². The van der Waals surface area contributed by atoms with E-state index in [2.05, 4.69) is 5.32 Å². The number of hydrogen-bond donors (Lipinski definition) is 1. The lowest BCUT2D eigenvalue weighted by atomic mass is 10.1. The van der Waals surface area contributed by atoms with Crippen LogP contribution in [-0.2, 0) is 26.2 Å². The molecule has 32 heavy (non-hydrogen) atoms. The number of benzene rings is 2. The van der Waals surface area contributed by atoms with Gasteiger partial charge in [0.2, 0.25) is 21.8 Å². The lowest BCUT2D eigenvalue weighted by Gasteiger charge is -2.31. The molecule has 0 heterocycles. The van der Waals surface area contributed by atoms with Crippen LogP contribution in [0.5, 0.6) is 5.75 Å². The molecule has 0 aliphatic rings. The Kier molecular flexibility index (Phi) is 8.91. The van der Waals surface area contributed by atoms with Gasteiger partial charge in [-0.25, -0.2) is 8.42 Å². The second kappa shape index (κ2) is 11.2. The Morgan fingerprint density at radius 2 is 1.75 bits per heavy atom. The quantitative estimate of drug-likeness (QED) is 0.562. The molecule has 0 aliphatic heterocycles. The van der Waals surface area contributed by atoms with Gasteiger partial charge in [-0.15, -0.1) is 0 Å². The average molecular weight is 482 g/mol. The van der Waals surface area contributed by atoms with Gasteiger partial charge in [0.15, 0.2) is 0 Å². The number of nitrogens with one attached hydrogen (secondary N) is 1. The van der Waals surface area contributed by atoms with Crippen molar-refractivity contribution in [1.82, 2.24) is 10.2 Å². The van der Waals surface area contributed by atoms with Crippen molar-refractivity contribution >= 4 is 39.1 Å². The molecule has 0 saturated carbocycles. The summed E-state index contributed by atoms with van der Waals surface area (Å²) >= 11 is 6.19. The van der Waals surface area contributed by atoms with Crippen LogP contribution in [0.3, 0.4) is 0 Å². The molecule has 10 heteroatoms. The third-order valence-corrected chi connectivity index (χ3v) is 6.28. The van der Waals surface area contributed by atoms with E-state index in [1.165, 1.54) is 11.0 Å². The van der Waals surface area contributed by atoms with Crippen molar-refractivity contribution in [3.8, 4) is 5.75 Å². The molecule has 0 spiro atoms. The Balaban J connectivity index is 2.38. The van der Waals surface area contributed by atoms with E-state index in [1.807, 2.05) is 0 Å². The molecule has 0 unspecified atom stereocenters. The molecular weight excluding hydrogens is 454 g/mol. The molecule has 0 bridgehead atoms. The molecule has 0 saturated heterocycles. The molecule has 2 aromatic rings.